The van der Waals surface area contributed by atoms with Crippen molar-refractivity contribution < 1.29 is 22.0 Å². The summed E-state index contributed by atoms with van der Waals surface area (Å²) in [5.41, 5.74) is 0.596. The van der Waals surface area contributed by atoms with E-state index in [1.165, 1.54) is 24.3 Å². The molecule has 2 aromatic rings. The highest BCUT2D eigenvalue weighted by Crippen LogP contribution is 2.18. The summed E-state index contributed by atoms with van der Waals surface area (Å²) < 4.78 is 53.9. The molecule has 2 rings (SSSR count). The number of carbonyl (C=O) groups excluding carboxylic acids is 1. The summed E-state index contributed by atoms with van der Waals surface area (Å²) in [5, 5.41) is 2.66. The molecule has 0 unspecified atom stereocenters. The van der Waals surface area contributed by atoms with Crippen LogP contribution in [0.5, 0.6) is 0 Å². The molecule has 0 aliphatic heterocycles. The highest BCUT2D eigenvalue weighted by atomic mass is 32.2. The fraction of sp³-hybridized carbons (Fsp3) is 0.350. The Morgan fingerprint density at radius 2 is 1.64 bits per heavy atom. The average Bonchev–Trinajstić information content (AvgIpc) is 2.51. The van der Waals surface area contributed by atoms with E-state index in [-0.39, 0.29) is 23.4 Å². The zero-order valence-electron chi connectivity index (χ0n) is 16.3. The molecule has 0 aliphatic rings. The summed E-state index contributed by atoms with van der Waals surface area (Å²) in [6.45, 7) is 7.02. The predicted molar refractivity (Wildman–Crippen MR) is 104 cm³/mol. The summed E-state index contributed by atoms with van der Waals surface area (Å²) in [4.78, 5) is 12.5. The topological polar surface area (TPSA) is 75.3 Å². The van der Waals surface area contributed by atoms with Gasteiger partial charge in [0, 0.05) is 23.7 Å². The van der Waals surface area contributed by atoms with Crippen molar-refractivity contribution in [2.75, 3.05) is 6.54 Å². The lowest BCUT2D eigenvalue weighted by Crippen LogP contribution is -2.40. The number of sulfonamides is 1. The first-order chi connectivity index (χ1) is 12.9. The molecule has 0 spiro atoms. The highest BCUT2D eigenvalue weighted by molar-refractivity contribution is 7.89. The van der Waals surface area contributed by atoms with Crippen molar-refractivity contribution >= 4 is 15.9 Å². The normalized spacial score (nSPS) is 12.1. The van der Waals surface area contributed by atoms with E-state index in [0.717, 1.165) is 6.07 Å². The molecule has 2 N–H and O–H groups in total. The molecule has 2 aromatic carbocycles. The third-order valence-electron chi connectivity index (χ3n) is 3.83. The minimum atomic E-state index is -3.78. The van der Waals surface area contributed by atoms with Gasteiger partial charge < -0.3 is 5.32 Å². The molecule has 1 amide bonds. The van der Waals surface area contributed by atoms with Crippen LogP contribution in [0.25, 0.3) is 0 Å². The highest BCUT2D eigenvalue weighted by Gasteiger charge is 2.23. The van der Waals surface area contributed by atoms with Gasteiger partial charge in [-0.2, -0.15) is 0 Å². The lowest BCUT2D eigenvalue weighted by atomic mass is 10.1. The van der Waals surface area contributed by atoms with E-state index >= 15 is 0 Å². The Hall–Kier alpha value is -2.32. The van der Waals surface area contributed by atoms with Crippen LogP contribution in [0, 0.1) is 18.6 Å². The molecule has 0 atom stereocenters. The van der Waals surface area contributed by atoms with Gasteiger partial charge in [0.1, 0.15) is 11.6 Å². The molecule has 0 bridgehead atoms. The second kappa shape index (κ2) is 8.36. The van der Waals surface area contributed by atoms with E-state index in [1.54, 1.807) is 33.8 Å². The van der Waals surface area contributed by atoms with Gasteiger partial charge in [0.2, 0.25) is 10.0 Å². The van der Waals surface area contributed by atoms with E-state index < -0.39 is 33.1 Å². The first kappa shape index (κ1) is 22.0. The molecule has 0 aliphatic carbocycles. The van der Waals surface area contributed by atoms with Crippen LogP contribution >= 0.6 is 0 Å². The molecule has 8 heteroatoms. The molecular formula is C20H24F2N2O3S. The molecule has 5 nitrogen and oxygen atoms in total. The largest absolute Gasteiger partial charge is 0.352 e. The number of aryl methyl sites for hydroxylation is 1. The van der Waals surface area contributed by atoms with Crippen molar-refractivity contribution in [3.8, 4) is 0 Å². The quantitative estimate of drug-likeness (QED) is 0.767. The maximum absolute atomic E-state index is 13.2. The van der Waals surface area contributed by atoms with Gasteiger partial charge in [-0.15, -0.1) is 0 Å². The zero-order valence-corrected chi connectivity index (χ0v) is 17.1. The van der Waals surface area contributed by atoms with Crippen LogP contribution in [0.15, 0.2) is 41.3 Å². The van der Waals surface area contributed by atoms with E-state index in [2.05, 4.69) is 10.0 Å². The summed E-state index contributed by atoms with van der Waals surface area (Å²) in [7, 11) is -3.78. The third-order valence-corrected chi connectivity index (χ3v) is 5.58. The lowest BCUT2D eigenvalue weighted by molar-refractivity contribution is 0.0953. The molecule has 0 radical (unpaired) electrons. The molecular weight excluding hydrogens is 386 g/mol. The Morgan fingerprint density at radius 3 is 2.21 bits per heavy atom. The number of benzene rings is 2. The van der Waals surface area contributed by atoms with Crippen molar-refractivity contribution in [1.82, 2.24) is 10.0 Å². The number of hydrogen-bond acceptors (Lipinski definition) is 3. The molecule has 28 heavy (non-hydrogen) atoms. The number of halogens is 2. The smallest absolute Gasteiger partial charge is 0.251 e. The molecule has 0 fully saturated rings. The molecule has 0 saturated carbocycles. The van der Waals surface area contributed by atoms with E-state index in [0.29, 0.717) is 11.1 Å². The van der Waals surface area contributed by atoms with Gasteiger partial charge >= 0.3 is 0 Å². The monoisotopic (exact) mass is 410 g/mol. The Morgan fingerprint density at radius 1 is 1.04 bits per heavy atom. The summed E-state index contributed by atoms with van der Waals surface area (Å²) in [6, 6.07) is 7.51. The fourth-order valence-electron chi connectivity index (χ4n) is 2.65. The van der Waals surface area contributed by atoms with Gasteiger partial charge in [0.05, 0.1) is 4.90 Å². The van der Waals surface area contributed by atoms with Gasteiger partial charge in [0.25, 0.3) is 5.91 Å². The van der Waals surface area contributed by atoms with Crippen LogP contribution in [0.4, 0.5) is 8.78 Å². The van der Waals surface area contributed by atoms with Gasteiger partial charge in [0.15, 0.2) is 0 Å². The second-order valence-electron chi connectivity index (χ2n) is 7.62. The first-order valence-corrected chi connectivity index (χ1v) is 10.2. The van der Waals surface area contributed by atoms with Crippen LogP contribution in [-0.2, 0) is 16.4 Å². The predicted octanol–water partition coefficient (Wildman–Crippen LogP) is 3.32. The number of rotatable bonds is 6. The number of carbonyl (C=O) groups is 1. The Bertz CT molecular complexity index is 963. The van der Waals surface area contributed by atoms with Crippen molar-refractivity contribution in [1.29, 1.82) is 0 Å². The molecule has 0 heterocycles. The SMILES string of the molecule is Cc1ccc(S(=O)(=O)NC(C)(C)C)cc1C(=O)NCCc1cc(F)cc(F)c1. The van der Waals surface area contributed by atoms with Gasteiger partial charge in [-0.05, 0) is 69.5 Å². The van der Waals surface area contributed by atoms with Crippen molar-refractivity contribution in [2.45, 2.75) is 44.6 Å². The second-order valence-corrected chi connectivity index (χ2v) is 9.30. The van der Waals surface area contributed by atoms with E-state index in [4.69, 9.17) is 0 Å². The van der Waals surface area contributed by atoms with Crippen molar-refractivity contribution in [2.24, 2.45) is 0 Å². The average molecular weight is 410 g/mol. The maximum atomic E-state index is 13.2. The fourth-order valence-corrected chi connectivity index (χ4v) is 4.09. The van der Waals surface area contributed by atoms with E-state index in [9.17, 15) is 22.0 Å². The third kappa shape index (κ3) is 6.10. The van der Waals surface area contributed by atoms with Crippen LogP contribution in [0.2, 0.25) is 0 Å². The maximum Gasteiger partial charge on any atom is 0.251 e. The van der Waals surface area contributed by atoms with Crippen LogP contribution in [-0.4, -0.2) is 26.4 Å². The van der Waals surface area contributed by atoms with Crippen molar-refractivity contribution in [3.05, 3.63) is 64.7 Å². The van der Waals surface area contributed by atoms with Crippen LogP contribution in [0.1, 0.15) is 42.3 Å². The van der Waals surface area contributed by atoms with Crippen LogP contribution < -0.4 is 10.0 Å². The Kier molecular flexibility index (Phi) is 6.56. The zero-order chi connectivity index (χ0) is 21.1. The Balaban J connectivity index is 2.12. The first-order valence-electron chi connectivity index (χ1n) is 8.75. The number of amides is 1. The molecule has 0 aromatic heterocycles. The lowest BCUT2D eigenvalue weighted by Gasteiger charge is -2.20. The van der Waals surface area contributed by atoms with Gasteiger partial charge in [-0.1, -0.05) is 6.07 Å². The van der Waals surface area contributed by atoms with Crippen molar-refractivity contribution in [3.63, 3.8) is 0 Å². The van der Waals surface area contributed by atoms with Crippen LogP contribution in [0.3, 0.4) is 0 Å². The molecule has 0 saturated heterocycles. The minimum Gasteiger partial charge on any atom is -0.352 e. The summed E-state index contributed by atoms with van der Waals surface area (Å²) >= 11 is 0. The van der Waals surface area contributed by atoms with Gasteiger partial charge in [-0.3, -0.25) is 4.79 Å². The summed E-state index contributed by atoms with van der Waals surface area (Å²) in [5.74, 6) is -1.81. The standard InChI is InChI=1S/C20H24F2N2O3S/c1-13-5-6-17(28(26,27)24-20(2,3)4)12-18(13)19(25)23-8-7-14-9-15(21)11-16(22)10-14/h5-6,9-12,24H,7-8H2,1-4H3,(H,23,25). The number of hydrogen-bond donors (Lipinski definition) is 2. The Labute approximate surface area is 164 Å². The molecule has 152 valence electrons. The number of nitrogens with one attached hydrogen (secondary N) is 2. The van der Waals surface area contributed by atoms with Gasteiger partial charge in [-0.25, -0.2) is 21.9 Å². The summed E-state index contributed by atoms with van der Waals surface area (Å²) in [6.07, 6.45) is 0.239. The van der Waals surface area contributed by atoms with E-state index in [1.807, 2.05) is 0 Å². The minimum absolute atomic E-state index is 0.00891.